The molecule has 3 rings (SSSR count). The van der Waals surface area contributed by atoms with E-state index < -0.39 is 5.79 Å². The normalized spacial score (nSPS) is 19.4. The van der Waals surface area contributed by atoms with Crippen molar-refractivity contribution in [1.29, 1.82) is 0 Å². The summed E-state index contributed by atoms with van der Waals surface area (Å²) >= 11 is 0. The molecule has 25 heavy (non-hydrogen) atoms. The molecule has 0 radical (unpaired) electrons. The second kappa shape index (κ2) is 8.06. The Balaban J connectivity index is 1.36. The lowest BCUT2D eigenvalue weighted by Crippen LogP contribution is -2.50. The van der Waals surface area contributed by atoms with Crippen LogP contribution in [-0.2, 0) is 9.47 Å². The Morgan fingerprint density at radius 1 is 1.28 bits per heavy atom. The Labute approximate surface area is 149 Å². The van der Waals surface area contributed by atoms with E-state index in [1.54, 1.807) is 0 Å². The zero-order chi connectivity index (χ0) is 17.7. The number of nitrogens with one attached hydrogen (secondary N) is 1. The Morgan fingerprint density at radius 2 is 2.00 bits per heavy atom. The van der Waals surface area contributed by atoms with Crippen LogP contribution in [0, 0.1) is 0 Å². The van der Waals surface area contributed by atoms with Crippen LogP contribution in [0.5, 0.6) is 5.75 Å². The summed E-state index contributed by atoms with van der Waals surface area (Å²) in [6, 6.07) is 8.05. The van der Waals surface area contributed by atoms with E-state index in [1.165, 1.54) is 5.56 Å². The highest BCUT2D eigenvalue weighted by Gasteiger charge is 2.40. The summed E-state index contributed by atoms with van der Waals surface area (Å²) < 4.78 is 17.1. The van der Waals surface area contributed by atoms with Crippen LogP contribution in [0.3, 0.4) is 0 Å². The zero-order valence-corrected chi connectivity index (χ0v) is 15.1. The fourth-order valence-corrected chi connectivity index (χ4v) is 3.24. The molecule has 2 fully saturated rings. The number of nitrogens with zero attached hydrogens (tertiary/aromatic N) is 1. The number of likely N-dealkylation sites (tertiary alicyclic amines) is 1. The minimum absolute atomic E-state index is 0.0487. The van der Waals surface area contributed by atoms with Crippen molar-refractivity contribution in [1.82, 2.24) is 10.2 Å². The fourth-order valence-electron chi connectivity index (χ4n) is 3.24. The number of rotatable bonds is 5. The van der Waals surface area contributed by atoms with Gasteiger partial charge in [0.2, 0.25) is 0 Å². The number of urea groups is 1. The topological polar surface area (TPSA) is 60.0 Å². The standard InChI is InChI=1S/C19H28N2O4/c1-15(2)16-4-3-5-17(14-16)23-11-8-20-18(22)21-9-6-19(7-10-21)24-12-13-25-19/h3-5,14-15H,6-13H2,1-2H3,(H,20,22). The first-order valence-corrected chi connectivity index (χ1v) is 9.11. The summed E-state index contributed by atoms with van der Waals surface area (Å²) in [5.74, 6) is 0.871. The van der Waals surface area contributed by atoms with E-state index in [0.29, 0.717) is 45.4 Å². The third kappa shape index (κ3) is 4.64. The molecule has 2 amide bonds. The van der Waals surface area contributed by atoms with Gasteiger partial charge in [0.05, 0.1) is 19.8 Å². The van der Waals surface area contributed by atoms with Gasteiger partial charge < -0.3 is 24.4 Å². The summed E-state index contributed by atoms with van der Waals surface area (Å²) in [5, 5.41) is 2.92. The molecule has 0 saturated carbocycles. The third-order valence-corrected chi connectivity index (χ3v) is 4.80. The van der Waals surface area contributed by atoms with Gasteiger partial charge in [-0.05, 0) is 23.6 Å². The van der Waals surface area contributed by atoms with Gasteiger partial charge >= 0.3 is 6.03 Å². The maximum atomic E-state index is 12.2. The first-order valence-electron chi connectivity index (χ1n) is 9.11. The molecule has 6 nitrogen and oxygen atoms in total. The van der Waals surface area contributed by atoms with Crippen LogP contribution in [-0.4, -0.2) is 56.2 Å². The maximum Gasteiger partial charge on any atom is 0.317 e. The van der Waals surface area contributed by atoms with Crippen LogP contribution in [0.4, 0.5) is 4.79 Å². The predicted octanol–water partition coefficient (Wildman–Crippen LogP) is 2.74. The summed E-state index contributed by atoms with van der Waals surface area (Å²) in [7, 11) is 0. The van der Waals surface area contributed by atoms with Gasteiger partial charge in [0, 0.05) is 25.9 Å². The van der Waals surface area contributed by atoms with Crippen molar-refractivity contribution in [3.05, 3.63) is 29.8 Å². The number of piperidine rings is 1. The average molecular weight is 348 g/mol. The van der Waals surface area contributed by atoms with Gasteiger partial charge in [-0.25, -0.2) is 4.79 Å². The Hall–Kier alpha value is -1.79. The van der Waals surface area contributed by atoms with Gasteiger partial charge in [0.25, 0.3) is 0 Å². The lowest BCUT2D eigenvalue weighted by atomic mass is 10.0. The monoisotopic (exact) mass is 348 g/mol. The molecule has 1 spiro atoms. The van der Waals surface area contributed by atoms with E-state index in [1.807, 2.05) is 17.0 Å². The van der Waals surface area contributed by atoms with Gasteiger partial charge in [-0.1, -0.05) is 26.0 Å². The number of carbonyl (C=O) groups excluding carboxylic acids is 1. The van der Waals surface area contributed by atoms with Crippen LogP contribution in [0.15, 0.2) is 24.3 Å². The predicted molar refractivity (Wildman–Crippen MR) is 94.9 cm³/mol. The maximum absolute atomic E-state index is 12.2. The molecule has 1 aromatic carbocycles. The summed E-state index contributed by atoms with van der Waals surface area (Å²) in [6.45, 7) is 7.87. The van der Waals surface area contributed by atoms with Gasteiger partial charge in [0.15, 0.2) is 5.79 Å². The summed E-state index contributed by atoms with van der Waals surface area (Å²) in [6.07, 6.45) is 1.47. The molecule has 0 atom stereocenters. The molecule has 0 bridgehead atoms. The molecule has 0 aromatic heterocycles. The molecule has 1 aromatic rings. The molecule has 0 aliphatic carbocycles. The van der Waals surface area contributed by atoms with E-state index in [-0.39, 0.29) is 6.03 Å². The minimum Gasteiger partial charge on any atom is -0.492 e. The third-order valence-electron chi connectivity index (χ3n) is 4.80. The van der Waals surface area contributed by atoms with Crippen molar-refractivity contribution in [2.24, 2.45) is 0 Å². The fraction of sp³-hybridized carbons (Fsp3) is 0.632. The van der Waals surface area contributed by atoms with Gasteiger partial charge in [-0.3, -0.25) is 0 Å². The molecule has 2 aliphatic heterocycles. The Morgan fingerprint density at radius 3 is 2.68 bits per heavy atom. The average Bonchev–Trinajstić information content (AvgIpc) is 3.07. The first-order chi connectivity index (χ1) is 12.1. The van der Waals surface area contributed by atoms with Gasteiger partial charge in [0.1, 0.15) is 12.4 Å². The van der Waals surface area contributed by atoms with E-state index >= 15 is 0 Å². The SMILES string of the molecule is CC(C)c1cccc(OCCNC(=O)N2CCC3(CC2)OCCO3)c1. The number of amides is 2. The van der Waals surface area contributed by atoms with Crippen molar-refractivity contribution in [3.63, 3.8) is 0 Å². The highest BCUT2D eigenvalue weighted by atomic mass is 16.7. The summed E-state index contributed by atoms with van der Waals surface area (Å²) in [4.78, 5) is 14.0. The van der Waals surface area contributed by atoms with Crippen LogP contribution < -0.4 is 10.1 Å². The first kappa shape index (κ1) is 18.0. The Kier molecular flexibility index (Phi) is 5.81. The number of carbonyl (C=O) groups is 1. The van der Waals surface area contributed by atoms with Gasteiger partial charge in [-0.2, -0.15) is 0 Å². The van der Waals surface area contributed by atoms with Gasteiger partial charge in [-0.15, -0.1) is 0 Å². The highest BCUT2D eigenvalue weighted by molar-refractivity contribution is 5.74. The van der Waals surface area contributed by atoms with E-state index in [0.717, 1.165) is 18.6 Å². The van der Waals surface area contributed by atoms with Crippen molar-refractivity contribution < 1.29 is 19.0 Å². The van der Waals surface area contributed by atoms with Crippen LogP contribution in [0.2, 0.25) is 0 Å². The lowest BCUT2D eigenvalue weighted by molar-refractivity contribution is -0.181. The second-order valence-corrected chi connectivity index (χ2v) is 6.90. The van der Waals surface area contributed by atoms with E-state index in [9.17, 15) is 4.79 Å². The number of ether oxygens (including phenoxy) is 3. The Bertz CT molecular complexity index is 575. The molecule has 2 heterocycles. The van der Waals surface area contributed by atoms with Crippen LogP contribution >= 0.6 is 0 Å². The molecule has 6 heteroatoms. The molecule has 0 unspecified atom stereocenters. The molecular weight excluding hydrogens is 320 g/mol. The molecular formula is C19H28N2O4. The largest absolute Gasteiger partial charge is 0.492 e. The van der Waals surface area contributed by atoms with Crippen molar-refractivity contribution >= 4 is 6.03 Å². The minimum atomic E-state index is -0.443. The van der Waals surface area contributed by atoms with Crippen molar-refractivity contribution in [2.45, 2.75) is 38.4 Å². The molecule has 2 saturated heterocycles. The molecule has 1 N–H and O–H groups in total. The molecule has 2 aliphatic rings. The van der Waals surface area contributed by atoms with E-state index in [2.05, 4.69) is 31.3 Å². The number of hydrogen-bond donors (Lipinski definition) is 1. The number of benzene rings is 1. The lowest BCUT2D eigenvalue weighted by Gasteiger charge is -2.37. The number of hydrogen-bond acceptors (Lipinski definition) is 4. The molecule has 138 valence electrons. The quantitative estimate of drug-likeness (QED) is 0.831. The van der Waals surface area contributed by atoms with Crippen LogP contribution in [0.25, 0.3) is 0 Å². The van der Waals surface area contributed by atoms with Crippen LogP contribution in [0.1, 0.15) is 38.2 Å². The van der Waals surface area contributed by atoms with E-state index in [4.69, 9.17) is 14.2 Å². The van der Waals surface area contributed by atoms with Crippen molar-refractivity contribution in [2.75, 3.05) is 39.5 Å². The second-order valence-electron chi connectivity index (χ2n) is 6.90. The zero-order valence-electron chi connectivity index (χ0n) is 15.1. The highest BCUT2D eigenvalue weighted by Crippen LogP contribution is 2.31. The van der Waals surface area contributed by atoms with Crippen molar-refractivity contribution in [3.8, 4) is 5.75 Å². The summed E-state index contributed by atoms with van der Waals surface area (Å²) in [5.41, 5.74) is 1.25. The smallest absolute Gasteiger partial charge is 0.317 e.